The predicted molar refractivity (Wildman–Crippen MR) is 90.8 cm³/mol. The molecular formula is C17H14BrN3O2. The standard InChI is InChI=1S/C17H14BrN3O2/c18-13-6-8-14(9-7-13)19-15(22)10-11-16-20-17(21-23-16)12-4-2-1-3-5-12/h1-9H,10-11H2,(H,19,22). The molecule has 3 rings (SSSR count). The fourth-order valence-electron chi connectivity index (χ4n) is 2.04. The predicted octanol–water partition coefficient (Wildman–Crippen LogP) is 4.07. The minimum Gasteiger partial charge on any atom is -0.339 e. The number of carbonyl (C=O) groups excluding carboxylic acids is 1. The molecule has 1 amide bonds. The lowest BCUT2D eigenvalue weighted by Crippen LogP contribution is -2.12. The molecule has 3 aromatic rings. The van der Waals surface area contributed by atoms with Gasteiger partial charge in [0.1, 0.15) is 0 Å². The molecule has 6 heteroatoms. The third kappa shape index (κ3) is 4.26. The first-order valence-electron chi connectivity index (χ1n) is 7.14. The number of aryl methyl sites for hydroxylation is 1. The van der Waals surface area contributed by atoms with Crippen LogP contribution in [0.4, 0.5) is 5.69 Å². The number of hydrogen-bond donors (Lipinski definition) is 1. The van der Waals surface area contributed by atoms with E-state index in [-0.39, 0.29) is 12.3 Å². The maximum atomic E-state index is 11.9. The number of benzene rings is 2. The molecule has 1 heterocycles. The van der Waals surface area contributed by atoms with Crippen molar-refractivity contribution < 1.29 is 9.32 Å². The molecule has 0 aliphatic rings. The number of aromatic nitrogens is 2. The SMILES string of the molecule is O=C(CCc1nc(-c2ccccc2)no1)Nc1ccc(Br)cc1. The van der Waals surface area contributed by atoms with Crippen molar-refractivity contribution in [2.45, 2.75) is 12.8 Å². The molecule has 0 aliphatic heterocycles. The minimum absolute atomic E-state index is 0.0909. The number of anilines is 1. The van der Waals surface area contributed by atoms with Gasteiger partial charge in [-0.2, -0.15) is 4.98 Å². The zero-order chi connectivity index (χ0) is 16.1. The van der Waals surface area contributed by atoms with E-state index in [1.165, 1.54) is 0 Å². The number of hydrogen-bond acceptors (Lipinski definition) is 4. The zero-order valence-electron chi connectivity index (χ0n) is 12.2. The van der Waals surface area contributed by atoms with Gasteiger partial charge in [-0.3, -0.25) is 4.79 Å². The van der Waals surface area contributed by atoms with Gasteiger partial charge in [0.15, 0.2) is 0 Å². The summed E-state index contributed by atoms with van der Waals surface area (Å²) in [5.74, 6) is 0.899. The third-order valence-electron chi connectivity index (χ3n) is 3.19. The molecule has 116 valence electrons. The topological polar surface area (TPSA) is 68.0 Å². The molecule has 0 spiro atoms. The van der Waals surface area contributed by atoms with Gasteiger partial charge in [-0.1, -0.05) is 51.4 Å². The summed E-state index contributed by atoms with van der Waals surface area (Å²) in [5, 5.41) is 6.76. The summed E-state index contributed by atoms with van der Waals surface area (Å²) >= 11 is 3.35. The van der Waals surface area contributed by atoms with E-state index in [0.29, 0.717) is 18.1 Å². The Morgan fingerprint density at radius 2 is 1.83 bits per heavy atom. The Hall–Kier alpha value is -2.47. The molecule has 1 aromatic heterocycles. The zero-order valence-corrected chi connectivity index (χ0v) is 13.8. The van der Waals surface area contributed by atoms with Crippen molar-refractivity contribution >= 4 is 27.5 Å². The van der Waals surface area contributed by atoms with E-state index >= 15 is 0 Å². The summed E-state index contributed by atoms with van der Waals surface area (Å²) in [6.45, 7) is 0. The Kier molecular flexibility index (Phi) is 4.83. The van der Waals surface area contributed by atoms with Gasteiger partial charge < -0.3 is 9.84 Å². The highest BCUT2D eigenvalue weighted by Gasteiger charge is 2.10. The van der Waals surface area contributed by atoms with Gasteiger partial charge >= 0.3 is 0 Å². The van der Waals surface area contributed by atoms with Crippen LogP contribution >= 0.6 is 15.9 Å². The second kappa shape index (κ2) is 7.19. The Bertz CT molecular complexity index is 785. The second-order valence-corrected chi connectivity index (χ2v) is 5.85. The van der Waals surface area contributed by atoms with Gasteiger partial charge in [-0.15, -0.1) is 0 Å². The Morgan fingerprint density at radius 3 is 2.57 bits per heavy atom. The van der Waals surface area contributed by atoms with Crippen LogP contribution in [0.5, 0.6) is 0 Å². The summed E-state index contributed by atoms with van der Waals surface area (Å²) < 4.78 is 6.16. The van der Waals surface area contributed by atoms with E-state index in [4.69, 9.17) is 4.52 Å². The number of nitrogens with one attached hydrogen (secondary N) is 1. The van der Waals surface area contributed by atoms with E-state index in [2.05, 4.69) is 31.4 Å². The molecule has 0 aliphatic carbocycles. The third-order valence-corrected chi connectivity index (χ3v) is 3.72. The first-order chi connectivity index (χ1) is 11.2. The van der Waals surface area contributed by atoms with Crippen molar-refractivity contribution in [2.75, 3.05) is 5.32 Å². The fourth-order valence-corrected chi connectivity index (χ4v) is 2.30. The minimum atomic E-state index is -0.0909. The van der Waals surface area contributed by atoms with Crippen LogP contribution in [0.15, 0.2) is 63.6 Å². The number of rotatable bonds is 5. The average Bonchev–Trinajstić information content (AvgIpc) is 3.05. The van der Waals surface area contributed by atoms with E-state index in [0.717, 1.165) is 15.7 Å². The molecule has 2 aromatic carbocycles. The van der Waals surface area contributed by atoms with Crippen LogP contribution in [0.1, 0.15) is 12.3 Å². The highest BCUT2D eigenvalue weighted by molar-refractivity contribution is 9.10. The second-order valence-electron chi connectivity index (χ2n) is 4.93. The van der Waals surface area contributed by atoms with Crippen molar-refractivity contribution in [3.8, 4) is 11.4 Å². The van der Waals surface area contributed by atoms with Crippen LogP contribution in [0.2, 0.25) is 0 Å². The molecular weight excluding hydrogens is 358 g/mol. The molecule has 0 saturated carbocycles. The first-order valence-corrected chi connectivity index (χ1v) is 7.93. The summed E-state index contributed by atoms with van der Waals surface area (Å²) in [7, 11) is 0. The first kappa shape index (κ1) is 15.4. The largest absolute Gasteiger partial charge is 0.339 e. The maximum absolute atomic E-state index is 11.9. The van der Waals surface area contributed by atoms with Crippen molar-refractivity contribution in [1.29, 1.82) is 0 Å². The van der Waals surface area contributed by atoms with E-state index in [9.17, 15) is 4.79 Å². The van der Waals surface area contributed by atoms with Crippen LogP contribution < -0.4 is 5.32 Å². The quantitative estimate of drug-likeness (QED) is 0.733. The van der Waals surface area contributed by atoms with Gasteiger partial charge in [-0.05, 0) is 24.3 Å². The summed E-state index contributed by atoms with van der Waals surface area (Å²) in [6.07, 6.45) is 0.689. The summed E-state index contributed by atoms with van der Waals surface area (Å²) in [6, 6.07) is 17.0. The molecule has 5 nitrogen and oxygen atoms in total. The van der Waals surface area contributed by atoms with Crippen LogP contribution in [0.25, 0.3) is 11.4 Å². The van der Waals surface area contributed by atoms with Crippen LogP contribution in [0, 0.1) is 0 Å². The lowest BCUT2D eigenvalue weighted by atomic mass is 10.2. The monoisotopic (exact) mass is 371 g/mol. The van der Waals surface area contributed by atoms with Gasteiger partial charge in [0, 0.05) is 28.6 Å². The lowest BCUT2D eigenvalue weighted by Gasteiger charge is -2.03. The summed E-state index contributed by atoms with van der Waals surface area (Å²) in [5.41, 5.74) is 1.65. The van der Waals surface area contributed by atoms with Gasteiger partial charge in [-0.25, -0.2) is 0 Å². The molecule has 23 heavy (non-hydrogen) atoms. The molecule has 0 fully saturated rings. The highest BCUT2D eigenvalue weighted by atomic mass is 79.9. The molecule has 0 radical (unpaired) electrons. The van der Waals surface area contributed by atoms with Gasteiger partial charge in [0.25, 0.3) is 0 Å². The highest BCUT2D eigenvalue weighted by Crippen LogP contribution is 2.16. The number of nitrogens with zero attached hydrogens (tertiary/aromatic N) is 2. The maximum Gasteiger partial charge on any atom is 0.227 e. The Labute approximate surface area is 141 Å². The summed E-state index contributed by atoms with van der Waals surface area (Å²) in [4.78, 5) is 16.2. The smallest absolute Gasteiger partial charge is 0.227 e. The lowest BCUT2D eigenvalue weighted by molar-refractivity contribution is -0.116. The van der Waals surface area contributed by atoms with Gasteiger partial charge in [0.2, 0.25) is 17.6 Å². The number of carbonyl (C=O) groups is 1. The van der Waals surface area contributed by atoms with Crippen molar-refractivity contribution in [1.82, 2.24) is 10.1 Å². The molecule has 0 saturated heterocycles. The van der Waals surface area contributed by atoms with Crippen molar-refractivity contribution in [3.63, 3.8) is 0 Å². The van der Waals surface area contributed by atoms with Crippen LogP contribution in [-0.2, 0) is 11.2 Å². The van der Waals surface area contributed by atoms with Gasteiger partial charge in [0.05, 0.1) is 0 Å². The molecule has 0 atom stereocenters. The van der Waals surface area contributed by atoms with Crippen LogP contribution in [0.3, 0.4) is 0 Å². The molecule has 0 bridgehead atoms. The van der Waals surface area contributed by atoms with E-state index in [1.54, 1.807) is 0 Å². The van der Waals surface area contributed by atoms with Crippen molar-refractivity contribution in [2.24, 2.45) is 0 Å². The fraction of sp³-hybridized carbons (Fsp3) is 0.118. The van der Waals surface area contributed by atoms with Crippen molar-refractivity contribution in [3.05, 3.63) is 65.0 Å². The molecule has 1 N–H and O–H groups in total. The average molecular weight is 372 g/mol. The number of amides is 1. The van der Waals surface area contributed by atoms with E-state index in [1.807, 2.05) is 54.6 Å². The van der Waals surface area contributed by atoms with E-state index < -0.39 is 0 Å². The normalized spacial score (nSPS) is 10.5. The van der Waals surface area contributed by atoms with Crippen LogP contribution in [-0.4, -0.2) is 16.0 Å². The Morgan fingerprint density at radius 1 is 1.09 bits per heavy atom. The Balaban J connectivity index is 1.55. The molecule has 0 unspecified atom stereocenters. The number of halogens is 1.